The Kier molecular flexibility index (Phi) is 8.01. The number of nitrogens with zero attached hydrogens (tertiary/aromatic N) is 1. The molecule has 0 spiro atoms. The Bertz CT molecular complexity index is 630. The van der Waals surface area contributed by atoms with Crippen molar-refractivity contribution in [1.29, 1.82) is 0 Å². The summed E-state index contributed by atoms with van der Waals surface area (Å²) in [5.74, 6) is -0.415. The summed E-state index contributed by atoms with van der Waals surface area (Å²) in [4.78, 5) is 26.8. The third kappa shape index (κ3) is 5.64. The number of nitrogens with one attached hydrogen (secondary N) is 1. The van der Waals surface area contributed by atoms with E-state index in [4.69, 9.17) is 10.5 Å². The molecule has 8 heteroatoms. The van der Waals surface area contributed by atoms with E-state index in [9.17, 15) is 14.0 Å². The van der Waals surface area contributed by atoms with Crippen molar-refractivity contribution in [2.24, 2.45) is 17.6 Å². The number of halogens is 2. The average Bonchev–Trinajstić information content (AvgIpc) is 2.69. The third-order valence-corrected chi connectivity index (χ3v) is 5.35. The number of carbonyl (C=O) groups is 2. The van der Waals surface area contributed by atoms with Crippen LogP contribution in [-0.4, -0.2) is 49.1 Å². The van der Waals surface area contributed by atoms with E-state index in [1.54, 1.807) is 17.0 Å². The summed E-state index contributed by atoms with van der Waals surface area (Å²) in [6, 6.07) is 5.23. The molecular formula is C19H27ClFN3O3. The van der Waals surface area contributed by atoms with Crippen LogP contribution in [0, 0.1) is 17.7 Å². The first kappa shape index (κ1) is 21.6. The van der Waals surface area contributed by atoms with E-state index in [-0.39, 0.29) is 41.9 Å². The molecule has 0 saturated carbocycles. The number of carbonyl (C=O) groups excluding carboxylic acids is 2. The molecule has 1 aromatic carbocycles. The van der Waals surface area contributed by atoms with Crippen LogP contribution >= 0.6 is 12.4 Å². The highest BCUT2D eigenvalue weighted by Gasteiger charge is 2.33. The smallest absolute Gasteiger partial charge is 0.239 e. The first-order valence-electron chi connectivity index (χ1n) is 9.23. The molecule has 2 aliphatic rings. The summed E-state index contributed by atoms with van der Waals surface area (Å²) < 4.78 is 18.3. The Morgan fingerprint density at radius 3 is 2.30 bits per heavy atom. The summed E-state index contributed by atoms with van der Waals surface area (Å²) in [6.07, 6.45) is 2.87. The van der Waals surface area contributed by atoms with Crippen molar-refractivity contribution < 1.29 is 18.7 Å². The summed E-state index contributed by atoms with van der Waals surface area (Å²) in [7, 11) is 0. The zero-order chi connectivity index (χ0) is 18.5. The number of hydrogen-bond acceptors (Lipinski definition) is 4. The van der Waals surface area contributed by atoms with Gasteiger partial charge in [-0.3, -0.25) is 9.59 Å². The molecule has 2 aliphatic heterocycles. The van der Waals surface area contributed by atoms with Gasteiger partial charge in [-0.25, -0.2) is 4.39 Å². The van der Waals surface area contributed by atoms with Gasteiger partial charge in [0.2, 0.25) is 11.8 Å². The summed E-state index contributed by atoms with van der Waals surface area (Å²) in [5, 5.41) is 2.81. The quantitative estimate of drug-likeness (QED) is 0.812. The fourth-order valence-electron chi connectivity index (χ4n) is 3.63. The van der Waals surface area contributed by atoms with Crippen LogP contribution in [0.2, 0.25) is 0 Å². The van der Waals surface area contributed by atoms with Crippen molar-refractivity contribution in [2.45, 2.75) is 31.7 Å². The fourth-order valence-corrected chi connectivity index (χ4v) is 3.63. The van der Waals surface area contributed by atoms with Gasteiger partial charge in [0.15, 0.2) is 0 Å². The van der Waals surface area contributed by atoms with E-state index in [1.165, 1.54) is 12.1 Å². The van der Waals surface area contributed by atoms with E-state index in [2.05, 4.69) is 5.32 Å². The molecule has 27 heavy (non-hydrogen) atoms. The highest BCUT2D eigenvalue weighted by Crippen LogP contribution is 2.23. The predicted molar refractivity (Wildman–Crippen MR) is 103 cm³/mol. The van der Waals surface area contributed by atoms with Crippen molar-refractivity contribution in [2.75, 3.05) is 31.6 Å². The summed E-state index contributed by atoms with van der Waals surface area (Å²) >= 11 is 0. The van der Waals surface area contributed by atoms with Gasteiger partial charge in [-0.2, -0.15) is 0 Å². The maximum absolute atomic E-state index is 12.9. The van der Waals surface area contributed by atoms with Crippen LogP contribution in [0.1, 0.15) is 25.7 Å². The van der Waals surface area contributed by atoms with E-state index in [1.807, 2.05) is 0 Å². The summed E-state index contributed by atoms with van der Waals surface area (Å²) in [6.45, 7) is 2.41. The lowest BCUT2D eigenvalue weighted by Crippen LogP contribution is -2.51. The van der Waals surface area contributed by atoms with Gasteiger partial charge < -0.3 is 20.7 Å². The second-order valence-electron chi connectivity index (χ2n) is 7.07. The lowest BCUT2D eigenvalue weighted by Gasteiger charge is -2.35. The van der Waals surface area contributed by atoms with Crippen molar-refractivity contribution in [3.05, 3.63) is 30.1 Å². The minimum absolute atomic E-state index is 0. The van der Waals surface area contributed by atoms with Gasteiger partial charge in [0.25, 0.3) is 0 Å². The van der Waals surface area contributed by atoms with Gasteiger partial charge in [-0.15, -0.1) is 12.4 Å². The molecule has 1 atom stereocenters. The number of benzene rings is 1. The number of nitrogens with two attached hydrogens (primary N) is 1. The van der Waals surface area contributed by atoms with Gasteiger partial charge in [-0.1, -0.05) is 0 Å². The Morgan fingerprint density at radius 1 is 1.11 bits per heavy atom. The van der Waals surface area contributed by atoms with Gasteiger partial charge in [0.05, 0.1) is 6.04 Å². The first-order valence-corrected chi connectivity index (χ1v) is 9.23. The molecule has 0 aromatic heterocycles. The Balaban J connectivity index is 0.00000261. The maximum atomic E-state index is 12.9. The molecule has 2 fully saturated rings. The molecule has 2 saturated heterocycles. The number of likely N-dealkylation sites (tertiary alicyclic amines) is 1. The number of piperidine rings is 1. The minimum atomic E-state index is -0.483. The van der Waals surface area contributed by atoms with Crippen molar-refractivity contribution in [3.8, 4) is 0 Å². The monoisotopic (exact) mass is 399 g/mol. The molecule has 6 nitrogen and oxygen atoms in total. The SMILES string of the molecule is Cl.NC(C(=O)N1CCC(C(=O)Nc2ccc(F)cc2)CC1)C1CCOCC1. The molecule has 0 radical (unpaired) electrons. The number of hydrogen-bond donors (Lipinski definition) is 2. The number of anilines is 1. The Labute approximate surface area is 165 Å². The Morgan fingerprint density at radius 2 is 1.70 bits per heavy atom. The van der Waals surface area contributed by atoms with Crippen molar-refractivity contribution in [1.82, 2.24) is 4.90 Å². The van der Waals surface area contributed by atoms with Crippen LogP contribution < -0.4 is 11.1 Å². The summed E-state index contributed by atoms with van der Waals surface area (Å²) in [5.41, 5.74) is 6.75. The van der Waals surface area contributed by atoms with E-state index in [0.717, 1.165) is 12.8 Å². The molecule has 1 aromatic rings. The molecule has 3 N–H and O–H groups in total. The number of amides is 2. The second kappa shape index (κ2) is 10.0. The normalized spacial score (nSPS) is 19.9. The molecule has 0 bridgehead atoms. The zero-order valence-corrected chi connectivity index (χ0v) is 16.1. The molecule has 150 valence electrons. The highest BCUT2D eigenvalue weighted by atomic mass is 35.5. The van der Waals surface area contributed by atoms with Crippen LogP contribution in [0.25, 0.3) is 0 Å². The van der Waals surface area contributed by atoms with Crippen LogP contribution in [-0.2, 0) is 14.3 Å². The van der Waals surface area contributed by atoms with Crippen LogP contribution in [0.4, 0.5) is 10.1 Å². The van der Waals surface area contributed by atoms with Crippen LogP contribution in [0.5, 0.6) is 0 Å². The maximum Gasteiger partial charge on any atom is 0.239 e. The molecule has 3 rings (SSSR count). The first-order chi connectivity index (χ1) is 12.5. The van der Waals surface area contributed by atoms with E-state index < -0.39 is 6.04 Å². The second-order valence-corrected chi connectivity index (χ2v) is 7.07. The Hall–Kier alpha value is -1.70. The van der Waals surface area contributed by atoms with E-state index >= 15 is 0 Å². The van der Waals surface area contributed by atoms with Gasteiger partial charge in [0.1, 0.15) is 5.82 Å². The average molecular weight is 400 g/mol. The highest BCUT2D eigenvalue weighted by molar-refractivity contribution is 5.92. The van der Waals surface area contributed by atoms with Gasteiger partial charge in [-0.05, 0) is 55.9 Å². The van der Waals surface area contributed by atoms with Gasteiger partial charge in [0, 0.05) is 37.9 Å². The fraction of sp³-hybridized carbons (Fsp3) is 0.579. The minimum Gasteiger partial charge on any atom is -0.381 e. The topological polar surface area (TPSA) is 84.7 Å². The molecule has 2 heterocycles. The van der Waals surface area contributed by atoms with Crippen LogP contribution in [0.15, 0.2) is 24.3 Å². The van der Waals surface area contributed by atoms with Crippen LogP contribution in [0.3, 0.4) is 0 Å². The molecule has 1 unspecified atom stereocenters. The number of rotatable bonds is 4. The lowest BCUT2D eigenvalue weighted by atomic mass is 9.90. The largest absolute Gasteiger partial charge is 0.381 e. The molecular weight excluding hydrogens is 373 g/mol. The predicted octanol–water partition coefficient (Wildman–Crippen LogP) is 2.18. The standard InChI is InChI=1S/C19H26FN3O3.ClH/c20-15-1-3-16(4-2-15)22-18(24)14-5-9-23(10-6-14)19(25)17(21)13-7-11-26-12-8-13;/h1-4,13-14,17H,5-12,21H2,(H,22,24);1H. The molecule has 0 aliphatic carbocycles. The van der Waals surface area contributed by atoms with Crippen molar-refractivity contribution in [3.63, 3.8) is 0 Å². The van der Waals surface area contributed by atoms with Gasteiger partial charge >= 0.3 is 0 Å². The zero-order valence-electron chi connectivity index (χ0n) is 15.2. The van der Waals surface area contributed by atoms with Crippen molar-refractivity contribution >= 4 is 29.9 Å². The van der Waals surface area contributed by atoms with E-state index in [0.29, 0.717) is 44.8 Å². The third-order valence-electron chi connectivity index (χ3n) is 5.35. The molecule has 2 amide bonds. The number of ether oxygens (including phenoxy) is 1. The lowest BCUT2D eigenvalue weighted by molar-refractivity contribution is -0.137.